The molecular weight excluding hydrogens is 300 g/mol. The number of amides is 1. The highest BCUT2D eigenvalue weighted by Crippen LogP contribution is 2.22. The largest absolute Gasteiger partial charge is 0.495 e. The van der Waals surface area contributed by atoms with Crippen molar-refractivity contribution < 1.29 is 14.4 Å². The van der Waals surface area contributed by atoms with E-state index in [-0.39, 0.29) is 11.9 Å². The molecule has 4 heteroatoms. The van der Waals surface area contributed by atoms with Crippen LogP contribution in [0.15, 0.2) is 48.5 Å². The van der Waals surface area contributed by atoms with Gasteiger partial charge in [0.05, 0.1) is 19.8 Å². The SMILES string of the molecule is CCc1ccc(C[NH+](C)[C@H](C)C(=O)Nc2ccccc2OC)cc1. The Hall–Kier alpha value is -2.33. The maximum atomic E-state index is 12.5. The molecule has 0 saturated carbocycles. The van der Waals surface area contributed by atoms with E-state index < -0.39 is 0 Å². The highest BCUT2D eigenvalue weighted by molar-refractivity contribution is 5.94. The second kappa shape index (κ2) is 8.50. The molecule has 1 unspecified atom stereocenters. The summed E-state index contributed by atoms with van der Waals surface area (Å²) in [5.41, 5.74) is 3.27. The first-order valence-corrected chi connectivity index (χ1v) is 8.39. The molecule has 0 aliphatic carbocycles. The average Bonchev–Trinajstić information content (AvgIpc) is 2.62. The van der Waals surface area contributed by atoms with Crippen LogP contribution in [0.1, 0.15) is 25.0 Å². The summed E-state index contributed by atoms with van der Waals surface area (Å²) in [5.74, 6) is 0.660. The van der Waals surface area contributed by atoms with Crippen molar-refractivity contribution in [3.63, 3.8) is 0 Å². The number of benzene rings is 2. The number of carbonyl (C=O) groups excluding carboxylic acids is 1. The number of ether oxygens (including phenoxy) is 1. The summed E-state index contributed by atoms with van der Waals surface area (Å²) >= 11 is 0. The Balaban J connectivity index is 1.98. The van der Waals surface area contributed by atoms with Gasteiger partial charge >= 0.3 is 0 Å². The molecule has 24 heavy (non-hydrogen) atoms. The number of anilines is 1. The van der Waals surface area contributed by atoms with Gasteiger partial charge in [-0.2, -0.15) is 0 Å². The molecule has 0 saturated heterocycles. The molecule has 2 atom stereocenters. The summed E-state index contributed by atoms with van der Waals surface area (Å²) in [6.07, 6.45) is 1.04. The summed E-state index contributed by atoms with van der Waals surface area (Å²) in [6.45, 7) is 4.90. The van der Waals surface area contributed by atoms with Gasteiger partial charge in [-0.3, -0.25) is 4.79 Å². The number of aryl methyl sites for hydroxylation is 1. The molecule has 0 aliphatic heterocycles. The minimum Gasteiger partial charge on any atom is -0.495 e. The number of rotatable bonds is 7. The van der Waals surface area contributed by atoms with Crippen molar-refractivity contribution in [2.45, 2.75) is 32.9 Å². The third kappa shape index (κ3) is 4.59. The van der Waals surface area contributed by atoms with Crippen molar-refractivity contribution in [3.8, 4) is 5.75 Å². The first-order valence-electron chi connectivity index (χ1n) is 8.39. The van der Waals surface area contributed by atoms with Crippen molar-refractivity contribution in [3.05, 3.63) is 59.7 Å². The topological polar surface area (TPSA) is 42.8 Å². The van der Waals surface area contributed by atoms with Crippen molar-refractivity contribution in [2.24, 2.45) is 0 Å². The lowest BCUT2D eigenvalue weighted by Crippen LogP contribution is -3.12. The van der Waals surface area contributed by atoms with E-state index in [0.29, 0.717) is 11.4 Å². The quantitative estimate of drug-likeness (QED) is 0.819. The predicted molar refractivity (Wildman–Crippen MR) is 97.5 cm³/mol. The lowest BCUT2D eigenvalue weighted by molar-refractivity contribution is -0.907. The molecule has 1 amide bonds. The summed E-state index contributed by atoms with van der Waals surface area (Å²) in [7, 11) is 3.64. The highest BCUT2D eigenvalue weighted by Gasteiger charge is 2.22. The lowest BCUT2D eigenvalue weighted by Gasteiger charge is -2.21. The lowest BCUT2D eigenvalue weighted by atomic mass is 10.1. The molecule has 0 spiro atoms. The summed E-state index contributed by atoms with van der Waals surface area (Å²) in [6, 6.07) is 15.9. The zero-order chi connectivity index (χ0) is 17.5. The van der Waals surface area contributed by atoms with Crippen LogP contribution in [-0.2, 0) is 17.8 Å². The summed E-state index contributed by atoms with van der Waals surface area (Å²) < 4.78 is 5.28. The predicted octanol–water partition coefficient (Wildman–Crippen LogP) is 2.30. The Bertz CT molecular complexity index is 668. The molecule has 0 aromatic heterocycles. The third-order valence-corrected chi connectivity index (χ3v) is 4.41. The second-order valence-corrected chi connectivity index (χ2v) is 6.10. The fraction of sp³-hybridized carbons (Fsp3) is 0.350. The smallest absolute Gasteiger partial charge is 0.282 e. The van der Waals surface area contributed by atoms with Gasteiger partial charge in [-0.05, 0) is 31.0 Å². The van der Waals surface area contributed by atoms with Crippen LogP contribution in [0, 0.1) is 0 Å². The summed E-state index contributed by atoms with van der Waals surface area (Å²) in [4.78, 5) is 13.7. The third-order valence-electron chi connectivity index (χ3n) is 4.41. The molecule has 0 bridgehead atoms. The number of likely N-dealkylation sites (N-methyl/N-ethyl adjacent to an activating group) is 1. The van der Waals surface area contributed by atoms with Gasteiger partial charge in [0, 0.05) is 5.56 Å². The van der Waals surface area contributed by atoms with Gasteiger partial charge in [0.1, 0.15) is 12.3 Å². The van der Waals surface area contributed by atoms with E-state index in [0.717, 1.165) is 17.9 Å². The van der Waals surface area contributed by atoms with Gasteiger partial charge in [-0.25, -0.2) is 0 Å². The standard InChI is InChI=1S/C20H26N2O2/c1-5-16-10-12-17(13-11-16)14-22(3)15(2)20(23)21-18-8-6-7-9-19(18)24-4/h6-13,15H,5,14H2,1-4H3,(H,21,23)/p+1/t15-/m1/s1. The molecule has 2 rings (SSSR count). The molecule has 0 aliphatic rings. The minimum atomic E-state index is -0.166. The van der Waals surface area contributed by atoms with E-state index in [1.807, 2.05) is 38.2 Å². The van der Waals surface area contributed by atoms with Crippen molar-refractivity contribution in [2.75, 3.05) is 19.5 Å². The molecule has 2 aromatic rings. The maximum Gasteiger partial charge on any atom is 0.282 e. The zero-order valence-corrected chi connectivity index (χ0v) is 14.9. The van der Waals surface area contributed by atoms with E-state index in [9.17, 15) is 4.79 Å². The summed E-state index contributed by atoms with van der Waals surface area (Å²) in [5, 5.41) is 2.96. The monoisotopic (exact) mass is 327 g/mol. The number of carbonyl (C=O) groups is 1. The van der Waals surface area contributed by atoms with Gasteiger partial charge < -0.3 is 15.0 Å². The molecule has 2 aromatic carbocycles. The first kappa shape index (κ1) is 18.0. The van der Waals surface area contributed by atoms with Gasteiger partial charge in [-0.1, -0.05) is 43.3 Å². The fourth-order valence-corrected chi connectivity index (χ4v) is 2.58. The Morgan fingerprint density at radius 2 is 1.75 bits per heavy atom. The maximum absolute atomic E-state index is 12.5. The van der Waals surface area contributed by atoms with Crippen LogP contribution in [0.4, 0.5) is 5.69 Å². The molecule has 0 fully saturated rings. The van der Waals surface area contributed by atoms with Crippen molar-refractivity contribution in [1.29, 1.82) is 0 Å². The van der Waals surface area contributed by atoms with Gasteiger partial charge in [0.25, 0.3) is 5.91 Å². The highest BCUT2D eigenvalue weighted by atomic mass is 16.5. The molecule has 0 radical (unpaired) electrons. The van der Waals surface area contributed by atoms with Crippen LogP contribution in [0.25, 0.3) is 0 Å². The number of para-hydroxylation sites is 2. The van der Waals surface area contributed by atoms with Crippen LogP contribution < -0.4 is 15.0 Å². The van der Waals surface area contributed by atoms with Crippen LogP contribution >= 0.6 is 0 Å². The van der Waals surface area contributed by atoms with Gasteiger partial charge in [0.15, 0.2) is 6.04 Å². The van der Waals surface area contributed by atoms with E-state index in [1.165, 1.54) is 11.1 Å². The van der Waals surface area contributed by atoms with Gasteiger partial charge in [0.2, 0.25) is 0 Å². The Kier molecular flexibility index (Phi) is 6.38. The molecule has 4 nitrogen and oxygen atoms in total. The number of nitrogens with one attached hydrogen (secondary N) is 2. The average molecular weight is 327 g/mol. The second-order valence-electron chi connectivity index (χ2n) is 6.10. The van der Waals surface area contributed by atoms with E-state index in [4.69, 9.17) is 4.74 Å². The number of hydrogen-bond donors (Lipinski definition) is 2. The van der Waals surface area contributed by atoms with Crippen LogP contribution in [0.3, 0.4) is 0 Å². The van der Waals surface area contributed by atoms with Crippen molar-refractivity contribution in [1.82, 2.24) is 0 Å². The van der Waals surface area contributed by atoms with Crippen molar-refractivity contribution >= 4 is 11.6 Å². The van der Waals surface area contributed by atoms with Gasteiger partial charge in [-0.15, -0.1) is 0 Å². The van der Waals surface area contributed by atoms with E-state index in [2.05, 4.69) is 36.5 Å². The fourth-order valence-electron chi connectivity index (χ4n) is 2.58. The Labute approximate surface area is 144 Å². The minimum absolute atomic E-state index is 0.0119. The normalized spacial score (nSPS) is 13.2. The van der Waals surface area contributed by atoms with Crippen LogP contribution in [-0.4, -0.2) is 26.1 Å². The number of quaternary nitrogens is 1. The number of hydrogen-bond acceptors (Lipinski definition) is 2. The van der Waals surface area contributed by atoms with Crippen LogP contribution in [0.2, 0.25) is 0 Å². The first-order chi connectivity index (χ1) is 11.5. The molecule has 128 valence electrons. The number of methoxy groups -OCH3 is 1. The Morgan fingerprint density at radius 3 is 2.38 bits per heavy atom. The Morgan fingerprint density at radius 1 is 1.12 bits per heavy atom. The molecule has 2 N–H and O–H groups in total. The van der Waals surface area contributed by atoms with Crippen LogP contribution in [0.5, 0.6) is 5.75 Å². The zero-order valence-electron chi connectivity index (χ0n) is 14.9. The van der Waals surface area contributed by atoms with E-state index in [1.54, 1.807) is 7.11 Å². The van der Waals surface area contributed by atoms with E-state index >= 15 is 0 Å². The molecule has 0 heterocycles. The molecular formula is C20H27N2O2+.